The number of carbonyl (C=O) groups excluding carboxylic acids is 1. The van der Waals surface area contributed by atoms with Crippen LogP contribution in [0.15, 0.2) is 77.8 Å². The highest BCUT2D eigenvalue weighted by molar-refractivity contribution is 7.73. The van der Waals surface area contributed by atoms with Crippen molar-refractivity contribution in [3.8, 4) is 11.1 Å². The van der Waals surface area contributed by atoms with Crippen molar-refractivity contribution in [3.63, 3.8) is 0 Å². The van der Waals surface area contributed by atoms with Crippen molar-refractivity contribution >= 4 is 45.5 Å². The molecule has 10 nitrogen and oxygen atoms in total. The van der Waals surface area contributed by atoms with Crippen LogP contribution >= 0.6 is 0 Å². The number of nitrogens with zero attached hydrogens (tertiary/aromatic N) is 2. The summed E-state index contributed by atoms with van der Waals surface area (Å²) in [6.45, 7) is 1.57. The van der Waals surface area contributed by atoms with Gasteiger partial charge in [-0.15, -0.1) is 0 Å². The summed E-state index contributed by atoms with van der Waals surface area (Å²) >= 11 is 0. The van der Waals surface area contributed by atoms with Gasteiger partial charge in [-0.25, -0.2) is 14.2 Å². The van der Waals surface area contributed by atoms with Crippen LogP contribution in [-0.4, -0.2) is 33.8 Å². The molecule has 0 aliphatic heterocycles. The Morgan fingerprint density at radius 3 is 2.31 bits per heavy atom. The fourth-order valence-electron chi connectivity index (χ4n) is 3.65. The third-order valence-corrected chi connectivity index (χ3v) is 6.47. The molecule has 4 aromatic rings. The van der Waals surface area contributed by atoms with Gasteiger partial charge in [0.15, 0.2) is 0 Å². The van der Waals surface area contributed by atoms with Crippen LogP contribution in [0, 0.1) is 10.6 Å². The molecule has 0 aliphatic rings. The Morgan fingerprint density at radius 2 is 1.69 bits per heavy atom. The van der Waals surface area contributed by atoms with Gasteiger partial charge in [-0.05, 0) is 55.0 Å². The van der Waals surface area contributed by atoms with Gasteiger partial charge < -0.3 is 35.4 Å². The number of urea groups is 1. The van der Waals surface area contributed by atoms with Crippen LogP contribution in [0.3, 0.4) is 0 Å². The van der Waals surface area contributed by atoms with E-state index < -0.39 is 39.9 Å². The molecule has 3 aromatic carbocycles. The molecule has 0 fully saturated rings. The van der Waals surface area contributed by atoms with Crippen molar-refractivity contribution in [3.05, 3.63) is 84.3 Å². The predicted molar refractivity (Wildman–Crippen MR) is 150 cm³/mol. The van der Waals surface area contributed by atoms with Gasteiger partial charge in [-0.2, -0.15) is 28.8 Å². The van der Waals surface area contributed by atoms with Crippen molar-refractivity contribution in [1.82, 2.24) is 9.97 Å². The SMILES string of the molecule is CC(CO)Nc1nc(Nc2ccc([S-](=N)=O)cc2)ncc1-c1ccc(NC(=O)Nc2cc(C(F)(F)F)ccc2F)cc1. The number of aliphatic hydroxyl groups is 1. The number of aliphatic hydroxyl groups excluding tert-OH is 1. The summed E-state index contributed by atoms with van der Waals surface area (Å²) in [5.74, 6) is -0.413. The van der Waals surface area contributed by atoms with Crippen molar-refractivity contribution in [2.75, 3.05) is 27.9 Å². The minimum Gasteiger partial charge on any atom is -0.440 e. The first kappa shape index (κ1) is 30.2. The summed E-state index contributed by atoms with van der Waals surface area (Å²) in [5.41, 5.74) is 0.330. The monoisotopic (exact) mass is 602 g/mol. The van der Waals surface area contributed by atoms with Crippen LogP contribution in [0.2, 0.25) is 0 Å². The molecule has 6 N–H and O–H groups in total. The lowest BCUT2D eigenvalue weighted by atomic mass is 10.1. The fraction of sp³-hybridized carbons (Fsp3) is 0.148. The Kier molecular flexibility index (Phi) is 9.22. The summed E-state index contributed by atoms with van der Waals surface area (Å²) in [6.07, 6.45) is -3.16. The van der Waals surface area contributed by atoms with E-state index in [1.54, 1.807) is 49.5 Å². The Bertz CT molecular complexity index is 1640. The Hall–Kier alpha value is -4.76. The maximum Gasteiger partial charge on any atom is 0.416 e. The molecule has 1 heterocycles. The Labute approximate surface area is 239 Å². The zero-order valence-electron chi connectivity index (χ0n) is 21.8. The molecule has 220 valence electrons. The zero-order valence-corrected chi connectivity index (χ0v) is 22.6. The Morgan fingerprint density at radius 1 is 1.02 bits per heavy atom. The summed E-state index contributed by atoms with van der Waals surface area (Å²) in [4.78, 5) is 21.5. The van der Waals surface area contributed by atoms with E-state index >= 15 is 0 Å². The molecule has 15 heteroatoms. The maximum absolute atomic E-state index is 14.0. The van der Waals surface area contributed by atoms with Crippen molar-refractivity contribution in [2.45, 2.75) is 24.0 Å². The second kappa shape index (κ2) is 12.8. The van der Waals surface area contributed by atoms with Crippen LogP contribution in [0.25, 0.3) is 11.1 Å². The summed E-state index contributed by atoms with van der Waals surface area (Å²) in [7, 11) is -1.86. The predicted octanol–water partition coefficient (Wildman–Crippen LogP) is 6.57. The topological polar surface area (TPSA) is 152 Å². The molecular weight excluding hydrogens is 578 g/mol. The summed E-state index contributed by atoms with van der Waals surface area (Å²) < 4.78 is 71.4. The first-order valence-corrected chi connectivity index (χ1v) is 13.4. The summed E-state index contributed by atoms with van der Waals surface area (Å²) in [5, 5.41) is 20.2. The van der Waals surface area contributed by atoms with E-state index in [9.17, 15) is 31.7 Å². The third kappa shape index (κ3) is 7.70. The van der Waals surface area contributed by atoms with E-state index in [1.165, 1.54) is 12.1 Å². The Balaban J connectivity index is 1.51. The number of aromatic nitrogens is 2. The molecule has 1 atom stereocenters. The zero-order chi connectivity index (χ0) is 30.4. The molecule has 0 saturated heterocycles. The quantitative estimate of drug-likeness (QED) is 0.0937. The van der Waals surface area contributed by atoms with Crippen molar-refractivity contribution in [1.29, 1.82) is 4.78 Å². The lowest BCUT2D eigenvalue weighted by molar-refractivity contribution is -0.137. The number of halogens is 4. The number of hydrogen-bond acceptors (Lipinski definition) is 9. The molecule has 0 bridgehead atoms. The van der Waals surface area contributed by atoms with E-state index in [0.29, 0.717) is 45.7 Å². The second-order valence-corrected chi connectivity index (χ2v) is 9.96. The van der Waals surface area contributed by atoms with E-state index in [1.807, 2.05) is 0 Å². The number of hydrogen-bond donors (Lipinski definition) is 6. The first-order valence-electron chi connectivity index (χ1n) is 12.2. The average Bonchev–Trinajstić information content (AvgIpc) is 2.94. The molecular formula is C27H24F4N7O3S-. The van der Waals surface area contributed by atoms with Crippen LogP contribution < -0.4 is 21.3 Å². The van der Waals surface area contributed by atoms with Crippen LogP contribution in [0.4, 0.5) is 51.2 Å². The standard InChI is InChI=1S/C27H24F4N7O3S/c1-15(14-39)34-24-21(13-33-25(38-24)35-18-7-9-20(10-8-18)42(32)41)16-2-5-19(6-3-16)36-26(40)37-23-12-17(27(29,30)31)4-11-22(23)28/h2-13,15,32,39H,14H2,1H3,(H2,36,37,40)(H2,33,34,35,38)/q-1. The molecule has 2 amide bonds. The number of rotatable bonds is 9. The van der Waals surface area contributed by atoms with Gasteiger partial charge in [0.25, 0.3) is 0 Å². The number of benzene rings is 3. The van der Waals surface area contributed by atoms with Crippen molar-refractivity contribution in [2.24, 2.45) is 0 Å². The number of amides is 2. The van der Waals surface area contributed by atoms with Crippen LogP contribution in [0.5, 0.6) is 0 Å². The van der Waals surface area contributed by atoms with Crippen molar-refractivity contribution < 1.29 is 31.7 Å². The van der Waals surface area contributed by atoms with E-state index in [4.69, 9.17) is 4.78 Å². The average molecular weight is 603 g/mol. The molecule has 1 unspecified atom stereocenters. The van der Waals surface area contributed by atoms with Gasteiger partial charge in [-0.1, -0.05) is 29.2 Å². The van der Waals surface area contributed by atoms with E-state index in [0.717, 1.165) is 0 Å². The smallest absolute Gasteiger partial charge is 0.416 e. The lowest BCUT2D eigenvalue weighted by Gasteiger charge is -2.17. The van der Waals surface area contributed by atoms with Gasteiger partial charge in [0, 0.05) is 29.2 Å². The number of anilines is 5. The van der Waals surface area contributed by atoms with Gasteiger partial charge in [0.2, 0.25) is 5.95 Å². The highest BCUT2D eigenvalue weighted by Crippen LogP contribution is 2.32. The van der Waals surface area contributed by atoms with Crippen LogP contribution in [-0.2, 0) is 21.0 Å². The lowest BCUT2D eigenvalue weighted by Crippen LogP contribution is -2.21. The van der Waals surface area contributed by atoms with Crippen LogP contribution in [0.1, 0.15) is 12.5 Å². The molecule has 4 rings (SSSR count). The second-order valence-electron chi connectivity index (χ2n) is 8.95. The van der Waals surface area contributed by atoms with Gasteiger partial charge in [0.1, 0.15) is 11.6 Å². The maximum atomic E-state index is 14.0. The van der Waals surface area contributed by atoms with Gasteiger partial charge >= 0.3 is 12.2 Å². The minimum atomic E-state index is -4.70. The normalized spacial score (nSPS) is 12.1. The molecule has 0 aliphatic carbocycles. The minimum absolute atomic E-state index is 0.178. The number of alkyl halides is 3. The van der Waals surface area contributed by atoms with E-state index in [2.05, 4.69) is 31.2 Å². The third-order valence-electron chi connectivity index (χ3n) is 5.77. The molecule has 1 aromatic heterocycles. The number of nitrogens with one attached hydrogen (secondary N) is 5. The number of carbonyl (C=O) groups is 1. The van der Waals surface area contributed by atoms with Gasteiger partial charge in [0.05, 0.1) is 17.9 Å². The summed E-state index contributed by atoms with van der Waals surface area (Å²) in [6, 6.07) is 13.1. The molecule has 0 spiro atoms. The molecule has 0 radical (unpaired) electrons. The molecule has 42 heavy (non-hydrogen) atoms. The highest BCUT2D eigenvalue weighted by atomic mass is 32.2. The highest BCUT2D eigenvalue weighted by Gasteiger charge is 2.31. The van der Waals surface area contributed by atoms with E-state index in [-0.39, 0.29) is 24.3 Å². The first-order chi connectivity index (χ1) is 19.9. The largest absolute Gasteiger partial charge is 0.440 e. The fourth-order valence-corrected chi connectivity index (χ4v) is 4.03. The van der Waals surface area contributed by atoms with Gasteiger partial charge in [-0.3, -0.25) is 0 Å². The molecule has 0 saturated carbocycles.